The third kappa shape index (κ3) is 5.77. The zero-order valence-corrected chi connectivity index (χ0v) is 5.70. The lowest BCUT2D eigenvalue weighted by Crippen LogP contribution is -1.73. The van der Waals surface area contributed by atoms with Crippen molar-refractivity contribution in [3.05, 3.63) is 0 Å². The van der Waals surface area contributed by atoms with Crippen molar-refractivity contribution in [2.75, 3.05) is 6.66 Å². The van der Waals surface area contributed by atoms with Gasteiger partial charge in [-0.05, 0) is 23.2 Å². The molecule has 3 heteroatoms. The second-order valence-corrected chi connectivity index (χ2v) is 2.64. The van der Waals surface area contributed by atoms with Crippen molar-refractivity contribution in [2.45, 2.75) is 13.8 Å². The number of rotatable bonds is 1. The summed E-state index contributed by atoms with van der Waals surface area (Å²) in [4.78, 5) is 0. The molecule has 40 valence electrons. The molecule has 0 aromatic heterocycles. The van der Waals surface area contributed by atoms with E-state index in [4.69, 9.17) is 0 Å². The van der Waals surface area contributed by atoms with E-state index in [9.17, 15) is 4.57 Å². The SMILES string of the molecule is CC(C)=N[P+](C)=O. The molecule has 0 aliphatic rings. The van der Waals surface area contributed by atoms with Gasteiger partial charge in [-0.3, -0.25) is 0 Å². The fourth-order valence-electron chi connectivity index (χ4n) is 0.282. The molecule has 0 aromatic rings. The summed E-state index contributed by atoms with van der Waals surface area (Å²) in [5.74, 6) is 0. The Morgan fingerprint density at radius 2 is 2.00 bits per heavy atom. The van der Waals surface area contributed by atoms with Crippen molar-refractivity contribution in [3.63, 3.8) is 0 Å². The second kappa shape index (κ2) is 2.86. The normalized spacial score (nSPS) is 10.4. The first-order valence-corrected chi connectivity index (χ1v) is 3.71. The molecule has 0 aromatic carbocycles. The maximum atomic E-state index is 10.2. The first-order chi connectivity index (χ1) is 3.13. The van der Waals surface area contributed by atoms with Gasteiger partial charge in [-0.2, -0.15) is 0 Å². The molecule has 0 fully saturated rings. The van der Waals surface area contributed by atoms with Crippen LogP contribution < -0.4 is 0 Å². The third-order valence-corrected chi connectivity index (χ3v) is 1.02. The van der Waals surface area contributed by atoms with Gasteiger partial charge in [0.05, 0.1) is 5.71 Å². The monoisotopic (exact) mass is 118 g/mol. The van der Waals surface area contributed by atoms with Crippen molar-refractivity contribution in [3.8, 4) is 0 Å². The van der Waals surface area contributed by atoms with Crippen LogP contribution in [0.15, 0.2) is 4.76 Å². The predicted molar refractivity (Wildman–Crippen MR) is 32.3 cm³/mol. The van der Waals surface area contributed by atoms with Gasteiger partial charge in [0.25, 0.3) is 0 Å². The Kier molecular flexibility index (Phi) is 2.77. The standard InChI is InChI=1S/C4H9NOP/c1-4(2)5-7(3)6/h1-3H3/q+1. The Hall–Kier alpha value is -0.230. The summed E-state index contributed by atoms with van der Waals surface area (Å²) in [6, 6.07) is 0. The van der Waals surface area contributed by atoms with Crippen LogP contribution in [-0.4, -0.2) is 12.4 Å². The number of hydrogen-bond acceptors (Lipinski definition) is 1. The van der Waals surface area contributed by atoms with Gasteiger partial charge in [0.1, 0.15) is 0 Å². The predicted octanol–water partition coefficient (Wildman–Crippen LogP) is 1.84. The largest absolute Gasteiger partial charge is 0.481 e. The highest BCUT2D eigenvalue weighted by Gasteiger charge is 1.97. The lowest BCUT2D eigenvalue weighted by Gasteiger charge is -1.69. The molecule has 0 saturated carbocycles. The van der Waals surface area contributed by atoms with E-state index in [1.165, 1.54) is 0 Å². The Morgan fingerprint density at radius 3 is 2.00 bits per heavy atom. The quantitative estimate of drug-likeness (QED) is 0.381. The molecule has 0 heterocycles. The van der Waals surface area contributed by atoms with Gasteiger partial charge in [0.15, 0.2) is 6.66 Å². The van der Waals surface area contributed by atoms with Gasteiger partial charge >= 0.3 is 7.95 Å². The van der Waals surface area contributed by atoms with Gasteiger partial charge in [0.2, 0.25) is 0 Å². The van der Waals surface area contributed by atoms with Crippen LogP contribution in [0.5, 0.6) is 0 Å². The number of nitrogens with zero attached hydrogens (tertiary/aromatic N) is 1. The average molecular weight is 118 g/mol. The smallest absolute Gasteiger partial charge is 0.0418 e. The van der Waals surface area contributed by atoms with Crippen molar-refractivity contribution < 1.29 is 4.57 Å². The van der Waals surface area contributed by atoms with E-state index < -0.39 is 7.95 Å². The molecule has 0 spiro atoms. The van der Waals surface area contributed by atoms with Gasteiger partial charge in [-0.15, -0.1) is 0 Å². The Balaban J connectivity index is 3.68. The van der Waals surface area contributed by atoms with Gasteiger partial charge in [0, 0.05) is 0 Å². The molecule has 1 unspecified atom stereocenters. The summed E-state index contributed by atoms with van der Waals surface area (Å²) >= 11 is 0. The van der Waals surface area contributed by atoms with Crippen LogP contribution in [0, 0.1) is 0 Å². The molecule has 0 bridgehead atoms. The minimum atomic E-state index is -1.30. The zero-order valence-electron chi connectivity index (χ0n) is 4.80. The Morgan fingerprint density at radius 1 is 1.57 bits per heavy atom. The molecule has 0 radical (unpaired) electrons. The highest BCUT2D eigenvalue weighted by molar-refractivity contribution is 7.42. The third-order valence-electron chi connectivity index (χ3n) is 0.341. The van der Waals surface area contributed by atoms with Crippen molar-refractivity contribution in [1.82, 2.24) is 0 Å². The summed E-state index contributed by atoms with van der Waals surface area (Å²) in [5, 5.41) is 0. The lowest BCUT2D eigenvalue weighted by molar-refractivity contribution is 0.592. The average Bonchev–Trinajstić information content (AvgIpc) is 1.27. The number of hydrogen-bond donors (Lipinski definition) is 0. The van der Waals surface area contributed by atoms with Crippen molar-refractivity contribution in [2.24, 2.45) is 4.76 Å². The highest BCUT2D eigenvalue weighted by atomic mass is 31.1. The van der Waals surface area contributed by atoms with E-state index >= 15 is 0 Å². The molecule has 0 N–H and O–H groups in total. The molecule has 0 aliphatic carbocycles. The topological polar surface area (TPSA) is 29.4 Å². The molecule has 1 atom stereocenters. The van der Waals surface area contributed by atoms with Crippen LogP contribution in [-0.2, 0) is 4.57 Å². The molecule has 2 nitrogen and oxygen atoms in total. The van der Waals surface area contributed by atoms with Gasteiger partial charge in [-0.1, -0.05) is 0 Å². The van der Waals surface area contributed by atoms with Crippen LogP contribution in [0.1, 0.15) is 13.8 Å². The summed E-state index contributed by atoms with van der Waals surface area (Å²) in [7, 11) is -1.30. The van der Waals surface area contributed by atoms with Crippen LogP contribution in [0.2, 0.25) is 0 Å². The van der Waals surface area contributed by atoms with E-state index in [0.29, 0.717) is 0 Å². The van der Waals surface area contributed by atoms with E-state index in [1.54, 1.807) is 6.66 Å². The van der Waals surface area contributed by atoms with E-state index in [0.717, 1.165) is 5.71 Å². The Bertz CT molecular complexity index is 104. The minimum absolute atomic E-state index is 0.878. The van der Waals surface area contributed by atoms with E-state index in [1.807, 2.05) is 13.8 Å². The van der Waals surface area contributed by atoms with Crippen LogP contribution >= 0.6 is 7.95 Å². The van der Waals surface area contributed by atoms with Gasteiger partial charge in [-0.25, -0.2) is 0 Å². The molecule has 0 saturated heterocycles. The van der Waals surface area contributed by atoms with Crippen molar-refractivity contribution >= 4 is 13.7 Å². The summed E-state index contributed by atoms with van der Waals surface area (Å²) in [6.45, 7) is 5.25. The Labute approximate surface area is 44.5 Å². The molecular formula is C4H9NOP+. The summed E-state index contributed by atoms with van der Waals surface area (Å²) < 4.78 is 13.9. The van der Waals surface area contributed by atoms with Crippen LogP contribution in [0.3, 0.4) is 0 Å². The van der Waals surface area contributed by atoms with Crippen molar-refractivity contribution in [1.29, 1.82) is 0 Å². The minimum Gasteiger partial charge on any atom is -0.0418 e. The second-order valence-electron chi connectivity index (χ2n) is 1.51. The first kappa shape index (κ1) is 6.77. The highest BCUT2D eigenvalue weighted by Crippen LogP contribution is 2.14. The molecule has 0 aliphatic heterocycles. The molecular weight excluding hydrogens is 109 g/mol. The zero-order chi connectivity index (χ0) is 5.86. The van der Waals surface area contributed by atoms with Gasteiger partial charge < -0.3 is 0 Å². The first-order valence-electron chi connectivity index (χ1n) is 2.05. The summed E-state index contributed by atoms with van der Waals surface area (Å²) in [6.07, 6.45) is 0. The molecule has 0 rings (SSSR count). The fourth-order valence-corrected chi connectivity index (χ4v) is 0.845. The summed E-state index contributed by atoms with van der Waals surface area (Å²) in [5.41, 5.74) is 0.878. The van der Waals surface area contributed by atoms with E-state index in [2.05, 4.69) is 4.76 Å². The van der Waals surface area contributed by atoms with Crippen LogP contribution in [0.4, 0.5) is 0 Å². The fraction of sp³-hybridized carbons (Fsp3) is 0.750. The maximum Gasteiger partial charge on any atom is 0.481 e. The maximum absolute atomic E-state index is 10.2. The lowest BCUT2D eigenvalue weighted by atomic mass is 10.5. The van der Waals surface area contributed by atoms with E-state index in [-0.39, 0.29) is 0 Å². The van der Waals surface area contributed by atoms with Crippen LogP contribution in [0.25, 0.3) is 0 Å². The molecule has 0 amide bonds. The molecule has 7 heavy (non-hydrogen) atoms.